The fraction of sp³-hybridized carbons (Fsp3) is 0.667. The lowest BCUT2D eigenvalue weighted by Crippen LogP contribution is -2.52. The molecule has 0 amide bonds. The quantitative estimate of drug-likeness (QED) is 0.241. The van der Waals surface area contributed by atoms with Gasteiger partial charge in [-0.3, -0.25) is 4.99 Å². The summed E-state index contributed by atoms with van der Waals surface area (Å²) in [6.45, 7) is 5.90. The number of unbranched alkanes of at least 4 members (excludes halogenated alkanes) is 4. The van der Waals surface area contributed by atoms with Crippen LogP contribution in [0.3, 0.4) is 0 Å². The molecule has 5 nitrogen and oxygen atoms in total. The fourth-order valence-corrected chi connectivity index (χ4v) is 3.44. The third-order valence-corrected chi connectivity index (χ3v) is 5.05. The predicted octanol–water partition coefficient (Wildman–Crippen LogP) is 3.65. The molecule has 160 valence electrons. The van der Waals surface area contributed by atoms with Crippen molar-refractivity contribution in [2.75, 3.05) is 65.3 Å². The number of rotatable bonds is 9. The Hall–Kier alpha value is -1.09. The number of hydrogen-bond donors (Lipinski definition) is 1. The van der Waals surface area contributed by atoms with Gasteiger partial charge in [-0.1, -0.05) is 19.3 Å². The number of aliphatic imine (C=N–C) groups is 1. The lowest BCUT2D eigenvalue weighted by atomic mass is 10.1. The van der Waals surface area contributed by atoms with Crippen LogP contribution in [0.25, 0.3) is 0 Å². The third-order valence-electron chi connectivity index (χ3n) is 5.05. The van der Waals surface area contributed by atoms with E-state index in [1.807, 2.05) is 19.2 Å². The first-order valence-corrected chi connectivity index (χ1v) is 10.2. The van der Waals surface area contributed by atoms with Crippen LogP contribution in [-0.4, -0.2) is 76.2 Å². The van der Waals surface area contributed by atoms with E-state index in [0.717, 1.165) is 44.4 Å². The zero-order chi connectivity index (χ0) is 19.5. The van der Waals surface area contributed by atoms with Crippen molar-refractivity contribution in [2.24, 2.45) is 4.99 Å². The van der Waals surface area contributed by atoms with Gasteiger partial charge in [-0.05, 0) is 57.7 Å². The smallest absolute Gasteiger partial charge is 0.193 e. The Kier molecular flexibility index (Phi) is 12.5. The second-order valence-electron chi connectivity index (χ2n) is 7.50. The van der Waals surface area contributed by atoms with Gasteiger partial charge < -0.3 is 20.0 Å². The molecule has 1 aliphatic rings. The van der Waals surface area contributed by atoms with E-state index in [1.54, 1.807) is 0 Å². The molecule has 7 heteroatoms. The van der Waals surface area contributed by atoms with Crippen LogP contribution in [-0.2, 0) is 0 Å². The molecule has 0 aromatic heterocycles. The zero-order valence-electron chi connectivity index (χ0n) is 17.7. The summed E-state index contributed by atoms with van der Waals surface area (Å²) in [4.78, 5) is 11.3. The zero-order valence-corrected chi connectivity index (χ0v) is 20.0. The first-order chi connectivity index (χ1) is 13.1. The lowest BCUT2D eigenvalue weighted by Gasteiger charge is -2.37. The molecule has 0 saturated carbocycles. The van der Waals surface area contributed by atoms with Gasteiger partial charge in [-0.15, -0.1) is 24.0 Å². The van der Waals surface area contributed by atoms with Gasteiger partial charge in [0.05, 0.1) is 0 Å². The molecule has 0 radical (unpaired) electrons. The van der Waals surface area contributed by atoms with Crippen molar-refractivity contribution in [3.05, 3.63) is 30.1 Å². The molecule has 1 aromatic rings. The summed E-state index contributed by atoms with van der Waals surface area (Å²) in [5, 5.41) is 3.51. The molecule has 0 spiro atoms. The number of nitrogens with zero attached hydrogens (tertiary/aromatic N) is 4. The van der Waals surface area contributed by atoms with E-state index in [9.17, 15) is 4.39 Å². The van der Waals surface area contributed by atoms with E-state index in [-0.39, 0.29) is 29.8 Å². The van der Waals surface area contributed by atoms with Gasteiger partial charge in [0.2, 0.25) is 0 Å². The van der Waals surface area contributed by atoms with Crippen LogP contribution in [0.5, 0.6) is 0 Å². The van der Waals surface area contributed by atoms with E-state index < -0.39 is 0 Å². The molecule has 0 unspecified atom stereocenters. The summed E-state index contributed by atoms with van der Waals surface area (Å²) < 4.78 is 13.1. The second-order valence-corrected chi connectivity index (χ2v) is 7.50. The highest BCUT2D eigenvalue weighted by Gasteiger charge is 2.19. The summed E-state index contributed by atoms with van der Waals surface area (Å²) in [7, 11) is 6.12. The van der Waals surface area contributed by atoms with E-state index in [4.69, 9.17) is 0 Å². The van der Waals surface area contributed by atoms with Crippen LogP contribution in [0, 0.1) is 5.82 Å². The van der Waals surface area contributed by atoms with Crippen molar-refractivity contribution in [1.29, 1.82) is 0 Å². The van der Waals surface area contributed by atoms with Crippen molar-refractivity contribution in [2.45, 2.75) is 32.1 Å². The van der Waals surface area contributed by atoms with Gasteiger partial charge in [0.25, 0.3) is 0 Å². The largest absolute Gasteiger partial charge is 0.368 e. The molecule has 0 atom stereocenters. The van der Waals surface area contributed by atoms with Crippen molar-refractivity contribution in [3.8, 4) is 0 Å². The Balaban J connectivity index is 0.00000392. The number of piperazine rings is 1. The van der Waals surface area contributed by atoms with Crippen LogP contribution in [0.1, 0.15) is 32.1 Å². The van der Waals surface area contributed by atoms with Crippen LogP contribution < -0.4 is 10.2 Å². The van der Waals surface area contributed by atoms with Crippen molar-refractivity contribution in [3.63, 3.8) is 0 Å². The molecule has 1 heterocycles. The molecule has 1 aromatic carbocycles. The van der Waals surface area contributed by atoms with E-state index >= 15 is 0 Å². The number of halogens is 2. The normalized spacial score (nSPS) is 15.0. The number of guanidine groups is 1. The minimum atomic E-state index is -0.181. The standard InChI is InChI=1S/C21H36FN5.HI/c1-23-21(24-13-7-5-4-6-8-14-25(2)3)27-17-15-26(16-18-27)20-11-9-19(22)10-12-20;/h9-12H,4-8,13-18H2,1-3H3,(H,23,24);1H. The number of anilines is 1. The lowest BCUT2D eigenvalue weighted by molar-refractivity contribution is 0.371. The van der Waals surface area contributed by atoms with Crippen molar-refractivity contribution >= 4 is 35.6 Å². The Bertz CT molecular complexity index is 556. The summed E-state index contributed by atoms with van der Waals surface area (Å²) >= 11 is 0. The maximum Gasteiger partial charge on any atom is 0.193 e. The topological polar surface area (TPSA) is 34.1 Å². The molecule has 1 aliphatic heterocycles. The Morgan fingerprint density at radius 2 is 1.61 bits per heavy atom. The maximum absolute atomic E-state index is 13.1. The summed E-state index contributed by atoms with van der Waals surface area (Å²) in [5.41, 5.74) is 1.09. The van der Waals surface area contributed by atoms with E-state index in [2.05, 4.69) is 39.1 Å². The van der Waals surface area contributed by atoms with Gasteiger partial charge in [0.1, 0.15) is 5.82 Å². The molecule has 0 bridgehead atoms. The van der Waals surface area contributed by atoms with Crippen LogP contribution in [0.15, 0.2) is 29.3 Å². The highest BCUT2D eigenvalue weighted by molar-refractivity contribution is 14.0. The van der Waals surface area contributed by atoms with E-state index in [1.165, 1.54) is 50.8 Å². The number of hydrogen-bond acceptors (Lipinski definition) is 3. The second kappa shape index (κ2) is 14.0. The van der Waals surface area contributed by atoms with E-state index in [0.29, 0.717) is 0 Å². The highest BCUT2D eigenvalue weighted by Crippen LogP contribution is 2.17. The third kappa shape index (κ3) is 8.94. The molecule has 0 aliphatic carbocycles. The Morgan fingerprint density at radius 3 is 2.21 bits per heavy atom. The minimum absolute atomic E-state index is 0. The molecule has 1 saturated heterocycles. The Labute approximate surface area is 187 Å². The maximum atomic E-state index is 13.1. The van der Waals surface area contributed by atoms with Crippen molar-refractivity contribution in [1.82, 2.24) is 15.1 Å². The molecule has 1 N–H and O–H groups in total. The average molecular weight is 505 g/mol. The highest BCUT2D eigenvalue weighted by atomic mass is 127. The minimum Gasteiger partial charge on any atom is -0.368 e. The van der Waals surface area contributed by atoms with Crippen LogP contribution in [0.2, 0.25) is 0 Å². The van der Waals surface area contributed by atoms with Gasteiger partial charge in [0, 0.05) is 45.5 Å². The van der Waals surface area contributed by atoms with Crippen LogP contribution >= 0.6 is 24.0 Å². The molecule has 28 heavy (non-hydrogen) atoms. The fourth-order valence-electron chi connectivity index (χ4n) is 3.44. The first kappa shape index (κ1) is 24.9. The predicted molar refractivity (Wildman–Crippen MR) is 129 cm³/mol. The Morgan fingerprint density at radius 1 is 1.00 bits per heavy atom. The monoisotopic (exact) mass is 505 g/mol. The SMILES string of the molecule is CN=C(NCCCCCCCN(C)C)N1CCN(c2ccc(F)cc2)CC1.I. The summed E-state index contributed by atoms with van der Waals surface area (Å²) in [5.74, 6) is 0.820. The molecule has 1 fully saturated rings. The molecular formula is C21H37FIN5. The summed E-state index contributed by atoms with van der Waals surface area (Å²) in [6, 6.07) is 6.78. The molecular weight excluding hydrogens is 468 g/mol. The van der Waals surface area contributed by atoms with Gasteiger partial charge in [-0.25, -0.2) is 4.39 Å². The number of nitrogens with one attached hydrogen (secondary N) is 1. The average Bonchev–Trinajstić information content (AvgIpc) is 2.67. The van der Waals surface area contributed by atoms with Gasteiger partial charge in [0.15, 0.2) is 5.96 Å². The van der Waals surface area contributed by atoms with Gasteiger partial charge >= 0.3 is 0 Å². The van der Waals surface area contributed by atoms with Crippen LogP contribution in [0.4, 0.5) is 10.1 Å². The van der Waals surface area contributed by atoms with Gasteiger partial charge in [-0.2, -0.15) is 0 Å². The molecule has 2 rings (SSSR count). The first-order valence-electron chi connectivity index (χ1n) is 10.2. The number of benzene rings is 1. The summed E-state index contributed by atoms with van der Waals surface area (Å²) in [6.07, 6.45) is 6.38. The van der Waals surface area contributed by atoms with Crippen molar-refractivity contribution < 1.29 is 4.39 Å².